The number of amides is 2. The van der Waals surface area contributed by atoms with Crippen LogP contribution in [0.25, 0.3) is 10.1 Å². The Kier molecular flexibility index (Phi) is 6.68. The number of carbonyl (C=O) groups excluding carboxylic acids is 2. The van der Waals surface area contributed by atoms with Crippen molar-refractivity contribution in [1.82, 2.24) is 4.90 Å². The summed E-state index contributed by atoms with van der Waals surface area (Å²) in [4.78, 5) is 26.7. The first-order chi connectivity index (χ1) is 15.0. The Hall–Kier alpha value is -2.70. The van der Waals surface area contributed by atoms with Crippen molar-refractivity contribution in [2.24, 2.45) is 5.73 Å². The van der Waals surface area contributed by atoms with Crippen molar-refractivity contribution in [1.29, 1.82) is 0 Å². The van der Waals surface area contributed by atoms with E-state index in [1.165, 1.54) is 43.1 Å². The molecule has 3 N–H and O–H groups in total. The van der Waals surface area contributed by atoms with Crippen molar-refractivity contribution in [3.8, 4) is 0 Å². The number of hydrogen-bond donors (Lipinski definition) is 2. The quantitative estimate of drug-likeness (QED) is 0.575. The van der Waals surface area contributed by atoms with Gasteiger partial charge in [0.2, 0.25) is 5.91 Å². The number of likely N-dealkylation sites (tertiary alicyclic amines) is 1. The van der Waals surface area contributed by atoms with Gasteiger partial charge in [-0.05, 0) is 60.5 Å². The number of thiophene rings is 1. The Morgan fingerprint density at radius 2 is 1.87 bits per heavy atom. The highest BCUT2D eigenvalue weighted by molar-refractivity contribution is 7.21. The van der Waals surface area contributed by atoms with Gasteiger partial charge < -0.3 is 11.1 Å². The van der Waals surface area contributed by atoms with E-state index in [9.17, 15) is 9.59 Å². The third kappa shape index (κ3) is 5.14. The van der Waals surface area contributed by atoms with Crippen LogP contribution < -0.4 is 11.1 Å². The first kappa shape index (κ1) is 21.5. The number of nitrogens with one attached hydrogen (secondary N) is 1. The molecule has 0 bridgehead atoms. The maximum absolute atomic E-state index is 12.2. The summed E-state index contributed by atoms with van der Waals surface area (Å²) in [6.07, 6.45) is 5.59. The third-order valence-corrected chi connectivity index (χ3v) is 7.25. The Morgan fingerprint density at radius 1 is 1.10 bits per heavy atom. The zero-order valence-electron chi connectivity index (χ0n) is 17.9. The average molecular weight is 436 g/mol. The molecule has 1 fully saturated rings. The number of primary amides is 1. The summed E-state index contributed by atoms with van der Waals surface area (Å²) in [7, 11) is 0. The van der Waals surface area contributed by atoms with E-state index in [4.69, 9.17) is 5.73 Å². The molecule has 162 valence electrons. The number of fused-ring (bicyclic) bond motifs is 1. The molecule has 1 unspecified atom stereocenters. The van der Waals surface area contributed by atoms with Crippen molar-refractivity contribution in [3.63, 3.8) is 0 Å². The van der Waals surface area contributed by atoms with E-state index in [0.717, 1.165) is 47.3 Å². The first-order valence-corrected chi connectivity index (χ1v) is 11.7. The van der Waals surface area contributed by atoms with E-state index in [1.807, 2.05) is 24.3 Å². The topological polar surface area (TPSA) is 75.4 Å². The fourth-order valence-corrected chi connectivity index (χ4v) is 5.63. The lowest BCUT2D eigenvalue weighted by molar-refractivity contribution is -0.114. The molecule has 2 aromatic carbocycles. The second-order valence-electron chi connectivity index (χ2n) is 8.33. The van der Waals surface area contributed by atoms with Crippen LogP contribution in [0.15, 0.2) is 48.5 Å². The van der Waals surface area contributed by atoms with Crippen LogP contribution in [0.4, 0.5) is 5.69 Å². The Morgan fingerprint density at radius 3 is 2.61 bits per heavy atom. The first-order valence-electron chi connectivity index (χ1n) is 10.9. The van der Waals surface area contributed by atoms with Gasteiger partial charge in [-0.2, -0.15) is 0 Å². The molecule has 1 saturated heterocycles. The van der Waals surface area contributed by atoms with Crippen LogP contribution in [0.3, 0.4) is 0 Å². The molecule has 6 heteroatoms. The van der Waals surface area contributed by atoms with Gasteiger partial charge in [0, 0.05) is 29.9 Å². The van der Waals surface area contributed by atoms with Crippen molar-refractivity contribution >= 4 is 38.9 Å². The van der Waals surface area contributed by atoms with E-state index >= 15 is 0 Å². The molecule has 4 rings (SSSR count). The fraction of sp³-hybridized carbons (Fsp3) is 0.360. The largest absolute Gasteiger partial charge is 0.365 e. The van der Waals surface area contributed by atoms with Gasteiger partial charge in [-0.3, -0.25) is 14.5 Å². The summed E-state index contributed by atoms with van der Waals surface area (Å²) < 4.78 is 1.13. The minimum atomic E-state index is -0.329. The lowest BCUT2D eigenvalue weighted by Gasteiger charge is -2.30. The normalized spacial score (nSPS) is 17.4. The minimum Gasteiger partial charge on any atom is -0.365 e. The van der Waals surface area contributed by atoms with Gasteiger partial charge in [0.15, 0.2) is 0 Å². The zero-order chi connectivity index (χ0) is 21.8. The van der Waals surface area contributed by atoms with Gasteiger partial charge >= 0.3 is 0 Å². The second-order valence-corrected chi connectivity index (χ2v) is 9.38. The average Bonchev–Trinajstić information content (AvgIpc) is 2.97. The number of benzene rings is 2. The molecule has 2 amide bonds. The molecule has 0 saturated carbocycles. The van der Waals surface area contributed by atoms with Crippen LogP contribution in [0.1, 0.15) is 53.4 Å². The standard InChI is InChI=1S/C25H29N3O2S/c1-17(29)27-19-12-10-18(11-13-19)16-28-14-6-2-3-7-20(28)15-22-21-8-4-5-9-23(21)31-24(22)25(26)30/h4-5,8-13,20H,2-3,6-7,14-16H2,1H3,(H2,26,30)(H,27,29). The smallest absolute Gasteiger partial charge is 0.259 e. The monoisotopic (exact) mass is 435 g/mol. The van der Waals surface area contributed by atoms with Crippen LogP contribution >= 0.6 is 11.3 Å². The number of nitrogens with zero attached hydrogens (tertiary/aromatic N) is 1. The van der Waals surface area contributed by atoms with Gasteiger partial charge in [0.25, 0.3) is 5.91 Å². The number of carbonyl (C=O) groups is 2. The van der Waals surface area contributed by atoms with Gasteiger partial charge in [-0.25, -0.2) is 0 Å². The van der Waals surface area contributed by atoms with E-state index in [-0.39, 0.29) is 11.8 Å². The molecule has 3 aromatic rings. The summed E-state index contributed by atoms with van der Waals surface area (Å²) in [6.45, 7) is 3.43. The van der Waals surface area contributed by atoms with Crippen molar-refractivity contribution in [3.05, 3.63) is 64.5 Å². The fourth-order valence-electron chi connectivity index (χ4n) is 4.54. The molecule has 2 heterocycles. The molecule has 31 heavy (non-hydrogen) atoms. The number of nitrogens with two attached hydrogens (primary N) is 1. The van der Waals surface area contributed by atoms with Gasteiger partial charge in [-0.15, -0.1) is 11.3 Å². The van der Waals surface area contributed by atoms with E-state index in [2.05, 4.69) is 34.5 Å². The van der Waals surface area contributed by atoms with Crippen LogP contribution in [-0.2, 0) is 17.8 Å². The molecular weight excluding hydrogens is 406 g/mol. The maximum Gasteiger partial charge on any atom is 0.259 e. The maximum atomic E-state index is 12.2. The summed E-state index contributed by atoms with van der Waals surface area (Å²) in [5.74, 6) is -0.390. The molecule has 0 radical (unpaired) electrons. The molecule has 1 atom stereocenters. The van der Waals surface area contributed by atoms with E-state index < -0.39 is 0 Å². The predicted molar refractivity (Wildman–Crippen MR) is 127 cm³/mol. The Labute approximate surface area is 187 Å². The lowest BCUT2D eigenvalue weighted by atomic mass is 9.97. The van der Waals surface area contributed by atoms with Crippen LogP contribution in [0.2, 0.25) is 0 Å². The Balaban J connectivity index is 1.58. The van der Waals surface area contributed by atoms with Gasteiger partial charge in [0.1, 0.15) is 0 Å². The second kappa shape index (κ2) is 9.62. The van der Waals surface area contributed by atoms with Gasteiger partial charge in [-0.1, -0.05) is 43.2 Å². The molecule has 5 nitrogen and oxygen atoms in total. The SMILES string of the molecule is CC(=O)Nc1ccc(CN2CCCCCC2Cc2c(C(N)=O)sc3ccccc23)cc1. The molecular formula is C25H29N3O2S. The minimum absolute atomic E-state index is 0.0615. The summed E-state index contributed by atoms with van der Waals surface area (Å²) in [5.41, 5.74) is 8.90. The van der Waals surface area contributed by atoms with Crippen LogP contribution in [-0.4, -0.2) is 29.3 Å². The summed E-state index contributed by atoms with van der Waals surface area (Å²) in [5, 5.41) is 3.98. The predicted octanol–water partition coefficient (Wildman–Crippen LogP) is 4.95. The summed E-state index contributed by atoms with van der Waals surface area (Å²) >= 11 is 1.51. The van der Waals surface area contributed by atoms with Crippen molar-refractivity contribution in [2.45, 2.75) is 51.6 Å². The number of rotatable bonds is 6. The van der Waals surface area contributed by atoms with E-state index in [0.29, 0.717) is 10.9 Å². The third-order valence-electron chi connectivity index (χ3n) is 6.02. The van der Waals surface area contributed by atoms with Crippen LogP contribution in [0.5, 0.6) is 0 Å². The summed E-state index contributed by atoms with van der Waals surface area (Å²) in [6, 6.07) is 16.7. The highest BCUT2D eigenvalue weighted by Gasteiger charge is 2.25. The van der Waals surface area contributed by atoms with Gasteiger partial charge in [0.05, 0.1) is 4.88 Å². The highest BCUT2D eigenvalue weighted by atomic mass is 32.1. The molecule has 0 aliphatic carbocycles. The van der Waals surface area contributed by atoms with E-state index in [1.54, 1.807) is 0 Å². The molecule has 0 spiro atoms. The molecule has 1 aliphatic heterocycles. The Bertz CT molecular complexity index is 1070. The highest BCUT2D eigenvalue weighted by Crippen LogP contribution is 2.34. The van der Waals surface area contributed by atoms with Crippen molar-refractivity contribution < 1.29 is 9.59 Å². The lowest BCUT2D eigenvalue weighted by Crippen LogP contribution is -2.36. The number of anilines is 1. The molecule has 1 aromatic heterocycles. The number of hydrogen-bond acceptors (Lipinski definition) is 4. The van der Waals surface area contributed by atoms with Crippen LogP contribution in [0, 0.1) is 0 Å². The van der Waals surface area contributed by atoms with Crippen molar-refractivity contribution in [2.75, 3.05) is 11.9 Å². The molecule has 1 aliphatic rings. The zero-order valence-corrected chi connectivity index (χ0v) is 18.7.